The van der Waals surface area contributed by atoms with Gasteiger partial charge in [-0.3, -0.25) is 4.79 Å². The predicted molar refractivity (Wildman–Crippen MR) is 126 cm³/mol. The molecule has 0 amide bonds. The van der Waals surface area contributed by atoms with Crippen LogP contribution in [-0.4, -0.2) is 15.7 Å². The summed E-state index contributed by atoms with van der Waals surface area (Å²) >= 11 is 0. The Morgan fingerprint density at radius 2 is 1.34 bits per heavy atom. The Morgan fingerprint density at radius 1 is 0.719 bits per heavy atom. The van der Waals surface area contributed by atoms with Gasteiger partial charge in [-0.1, -0.05) is 91.0 Å². The molecule has 0 spiro atoms. The Morgan fingerprint density at radius 3 is 2.09 bits per heavy atom. The molecule has 2 N–H and O–H groups in total. The van der Waals surface area contributed by atoms with Crippen LogP contribution in [0.25, 0.3) is 22.2 Å². The monoisotopic (exact) mass is 416 g/mol. The minimum Gasteiger partial charge on any atom is -0.428 e. The van der Waals surface area contributed by atoms with E-state index in [4.69, 9.17) is 0 Å². The van der Waals surface area contributed by atoms with Gasteiger partial charge in [0.1, 0.15) is 0 Å². The van der Waals surface area contributed by atoms with Crippen molar-refractivity contribution < 1.29 is 10.0 Å². The van der Waals surface area contributed by atoms with Gasteiger partial charge >= 0.3 is 0 Å². The van der Waals surface area contributed by atoms with Gasteiger partial charge in [0.15, 0.2) is 11.3 Å². The maximum Gasteiger partial charge on any atom is 0.199 e. The summed E-state index contributed by atoms with van der Waals surface area (Å²) in [6, 6.07) is 34.7. The van der Waals surface area contributed by atoms with Crippen molar-refractivity contribution in [3.05, 3.63) is 126 Å². The minimum absolute atomic E-state index is 0.0344. The van der Waals surface area contributed by atoms with Crippen molar-refractivity contribution in [2.45, 2.75) is 5.54 Å². The maximum absolute atomic E-state index is 14.2. The van der Waals surface area contributed by atoms with Crippen LogP contribution in [0.4, 0.5) is 5.69 Å². The molecule has 4 heteroatoms. The highest BCUT2D eigenvalue weighted by Gasteiger charge is 2.51. The van der Waals surface area contributed by atoms with Gasteiger partial charge < -0.3 is 10.5 Å². The first-order valence-corrected chi connectivity index (χ1v) is 10.6. The molecule has 0 fully saturated rings. The topological polar surface area (TPSA) is 54.3 Å². The fraction of sp³-hybridized carbons (Fsp3) is 0.0357. The number of fused-ring (bicyclic) bond motifs is 2. The number of ketones is 1. The molecule has 4 aromatic carbocycles. The van der Waals surface area contributed by atoms with Crippen LogP contribution in [0.3, 0.4) is 0 Å². The van der Waals surface area contributed by atoms with Crippen LogP contribution < -0.4 is 5.32 Å². The Hall–Kier alpha value is -4.31. The number of para-hydroxylation sites is 2. The number of hydrogen-bond donors (Lipinski definition) is 2. The molecule has 2 heterocycles. The molecule has 1 aromatic heterocycles. The lowest BCUT2D eigenvalue weighted by Gasteiger charge is -2.31. The zero-order valence-electron chi connectivity index (χ0n) is 17.2. The summed E-state index contributed by atoms with van der Waals surface area (Å²) in [5.74, 6) is -0.0344. The summed E-state index contributed by atoms with van der Waals surface area (Å²) in [6.45, 7) is 0. The first kappa shape index (κ1) is 18.5. The Kier molecular flexibility index (Phi) is 3.95. The molecule has 0 saturated carbocycles. The molecular formula is C28H20N2O2. The van der Waals surface area contributed by atoms with Crippen molar-refractivity contribution in [3.63, 3.8) is 0 Å². The van der Waals surface area contributed by atoms with Gasteiger partial charge in [0.25, 0.3) is 0 Å². The third kappa shape index (κ3) is 2.41. The van der Waals surface area contributed by atoms with Crippen molar-refractivity contribution in [2.75, 3.05) is 5.32 Å². The van der Waals surface area contributed by atoms with Crippen molar-refractivity contribution in [1.29, 1.82) is 0 Å². The quantitative estimate of drug-likeness (QED) is 0.350. The molecule has 1 aliphatic rings. The second-order valence-electron chi connectivity index (χ2n) is 8.03. The van der Waals surface area contributed by atoms with E-state index in [1.807, 2.05) is 109 Å². The third-order valence-electron chi connectivity index (χ3n) is 6.31. The molecule has 0 bridgehead atoms. The van der Waals surface area contributed by atoms with Gasteiger partial charge in [0, 0.05) is 27.8 Å². The molecule has 0 radical (unpaired) electrons. The fourth-order valence-corrected chi connectivity index (χ4v) is 4.93. The van der Waals surface area contributed by atoms with Gasteiger partial charge in [-0.15, -0.1) is 0 Å². The lowest BCUT2D eigenvalue weighted by atomic mass is 9.77. The largest absolute Gasteiger partial charge is 0.428 e. The number of anilines is 1. The van der Waals surface area contributed by atoms with Crippen molar-refractivity contribution in [3.8, 4) is 11.3 Å². The van der Waals surface area contributed by atoms with E-state index in [9.17, 15) is 10.0 Å². The van der Waals surface area contributed by atoms with Crippen LogP contribution >= 0.6 is 0 Å². The van der Waals surface area contributed by atoms with Crippen LogP contribution in [0.15, 0.2) is 109 Å². The lowest BCUT2D eigenvalue weighted by molar-refractivity contribution is 0.0941. The van der Waals surface area contributed by atoms with E-state index < -0.39 is 5.54 Å². The molecule has 1 atom stereocenters. The third-order valence-corrected chi connectivity index (χ3v) is 6.31. The van der Waals surface area contributed by atoms with E-state index in [1.165, 1.54) is 4.73 Å². The zero-order valence-corrected chi connectivity index (χ0v) is 17.2. The summed E-state index contributed by atoms with van der Waals surface area (Å²) in [5.41, 5.74) is 3.92. The van der Waals surface area contributed by atoms with E-state index in [2.05, 4.69) is 5.32 Å². The highest BCUT2D eigenvalue weighted by molar-refractivity contribution is 6.18. The number of hydrogen-bond acceptors (Lipinski definition) is 3. The smallest absolute Gasteiger partial charge is 0.199 e. The van der Waals surface area contributed by atoms with E-state index in [1.54, 1.807) is 0 Å². The minimum atomic E-state index is -1.18. The Bertz CT molecular complexity index is 1470. The summed E-state index contributed by atoms with van der Waals surface area (Å²) in [6.07, 6.45) is 0. The standard InChI is InChI=1S/C28H20N2O2/c31-27-21-15-7-9-17-23(21)29-28(27,20-13-5-2-6-14-20)25-22-16-8-10-18-24(22)30(32)26(25)19-11-3-1-4-12-19/h1-18,29,32H. The number of benzene rings is 4. The van der Waals surface area contributed by atoms with Crippen LogP contribution in [-0.2, 0) is 5.54 Å². The molecule has 0 saturated heterocycles. The lowest BCUT2D eigenvalue weighted by Crippen LogP contribution is -2.40. The van der Waals surface area contributed by atoms with Crippen molar-refractivity contribution in [1.82, 2.24) is 4.73 Å². The Labute approximate surface area is 185 Å². The molecule has 5 aromatic rings. The highest BCUT2D eigenvalue weighted by Crippen LogP contribution is 2.50. The van der Waals surface area contributed by atoms with Crippen LogP contribution in [0.2, 0.25) is 0 Å². The average molecular weight is 416 g/mol. The van der Waals surface area contributed by atoms with E-state index >= 15 is 0 Å². The SMILES string of the molecule is O=C1c2ccccc2NC1(c1ccccc1)c1c(-c2ccccc2)n(O)c2ccccc12. The van der Waals surface area contributed by atoms with Crippen molar-refractivity contribution in [2.24, 2.45) is 0 Å². The number of carbonyl (C=O) groups is 1. The Balaban J connectivity index is 1.78. The zero-order chi connectivity index (χ0) is 21.7. The van der Waals surface area contributed by atoms with Crippen LogP contribution in [0.1, 0.15) is 21.5 Å². The van der Waals surface area contributed by atoms with Gasteiger partial charge in [-0.05, 0) is 23.8 Å². The number of aromatic nitrogens is 1. The van der Waals surface area contributed by atoms with Gasteiger partial charge in [-0.2, -0.15) is 4.73 Å². The summed E-state index contributed by atoms with van der Waals surface area (Å²) < 4.78 is 1.21. The first-order valence-electron chi connectivity index (χ1n) is 10.6. The summed E-state index contributed by atoms with van der Waals surface area (Å²) in [5, 5.41) is 15.7. The van der Waals surface area contributed by atoms with Gasteiger partial charge in [0.2, 0.25) is 0 Å². The summed E-state index contributed by atoms with van der Waals surface area (Å²) in [7, 11) is 0. The molecule has 6 rings (SSSR count). The molecular weight excluding hydrogens is 396 g/mol. The number of nitrogens with one attached hydrogen (secondary N) is 1. The van der Waals surface area contributed by atoms with Crippen LogP contribution in [0.5, 0.6) is 0 Å². The number of nitrogens with zero attached hydrogens (tertiary/aromatic N) is 1. The van der Waals surface area contributed by atoms with E-state index in [-0.39, 0.29) is 5.78 Å². The first-order chi connectivity index (χ1) is 15.7. The normalized spacial score (nSPS) is 17.3. The van der Waals surface area contributed by atoms with Crippen molar-refractivity contribution >= 4 is 22.4 Å². The van der Waals surface area contributed by atoms with E-state index in [0.29, 0.717) is 16.8 Å². The number of rotatable bonds is 3. The highest BCUT2D eigenvalue weighted by atomic mass is 16.5. The number of carbonyl (C=O) groups excluding carboxylic acids is 1. The molecule has 1 aliphatic heterocycles. The molecule has 154 valence electrons. The molecule has 0 aliphatic carbocycles. The fourth-order valence-electron chi connectivity index (χ4n) is 4.93. The maximum atomic E-state index is 14.2. The average Bonchev–Trinajstić information content (AvgIpc) is 3.33. The van der Waals surface area contributed by atoms with Gasteiger partial charge in [-0.25, -0.2) is 0 Å². The molecule has 32 heavy (non-hydrogen) atoms. The molecule has 4 nitrogen and oxygen atoms in total. The second-order valence-corrected chi connectivity index (χ2v) is 8.03. The van der Waals surface area contributed by atoms with Crippen LogP contribution in [0, 0.1) is 0 Å². The van der Waals surface area contributed by atoms with E-state index in [0.717, 1.165) is 27.8 Å². The van der Waals surface area contributed by atoms with Gasteiger partial charge in [0.05, 0.1) is 11.2 Å². The molecule has 1 unspecified atom stereocenters. The predicted octanol–water partition coefficient (Wildman–Crippen LogP) is 6.10. The second kappa shape index (κ2) is 6.86. The summed E-state index contributed by atoms with van der Waals surface area (Å²) in [4.78, 5) is 14.2. The number of Topliss-reactive ketones (excluding diaryl/α,β-unsaturated/α-hetero) is 1.